The topological polar surface area (TPSA) is 77.0 Å². The van der Waals surface area contributed by atoms with E-state index in [0.717, 1.165) is 11.3 Å². The van der Waals surface area contributed by atoms with E-state index < -0.39 is 0 Å². The van der Waals surface area contributed by atoms with Gasteiger partial charge in [-0.3, -0.25) is 14.5 Å². The van der Waals surface area contributed by atoms with Gasteiger partial charge in [-0.15, -0.1) is 0 Å². The van der Waals surface area contributed by atoms with Crippen LogP contribution in [0.5, 0.6) is 0 Å². The average molecular weight is 273 g/mol. The number of pyridine rings is 1. The maximum atomic E-state index is 12.5. The van der Waals surface area contributed by atoms with Gasteiger partial charge in [0, 0.05) is 33.0 Å². The molecule has 2 aromatic heterocycles. The van der Waals surface area contributed by atoms with Crippen LogP contribution >= 0.6 is 0 Å². The summed E-state index contributed by atoms with van der Waals surface area (Å²) in [7, 11) is 3.48. The van der Waals surface area contributed by atoms with Gasteiger partial charge in [-0.25, -0.2) is 0 Å². The van der Waals surface area contributed by atoms with E-state index in [1.165, 1.54) is 0 Å². The van der Waals surface area contributed by atoms with Gasteiger partial charge in [-0.1, -0.05) is 13.0 Å². The van der Waals surface area contributed by atoms with E-state index in [9.17, 15) is 4.79 Å². The molecule has 20 heavy (non-hydrogen) atoms. The standard InChI is InChI=1S/C14H19N5O/c1-4-11-12(15)13(19(3)17-11)14(20)18(2)9-10-6-5-7-16-8-10/h5-8H,4,9,15H2,1-3H3. The Bertz CT molecular complexity index is 606. The quantitative estimate of drug-likeness (QED) is 0.909. The molecule has 0 unspecified atom stereocenters. The molecule has 6 heteroatoms. The summed E-state index contributed by atoms with van der Waals surface area (Å²) >= 11 is 0. The highest BCUT2D eigenvalue weighted by molar-refractivity contribution is 5.97. The smallest absolute Gasteiger partial charge is 0.274 e. The third-order valence-electron chi connectivity index (χ3n) is 3.19. The zero-order valence-corrected chi connectivity index (χ0v) is 12.0. The van der Waals surface area contributed by atoms with E-state index in [1.807, 2.05) is 19.1 Å². The summed E-state index contributed by atoms with van der Waals surface area (Å²) in [6.45, 7) is 2.45. The molecule has 1 amide bonds. The molecular formula is C14H19N5O. The Kier molecular flexibility index (Phi) is 4.02. The van der Waals surface area contributed by atoms with Crippen molar-refractivity contribution in [1.82, 2.24) is 19.7 Å². The average Bonchev–Trinajstić information content (AvgIpc) is 2.73. The van der Waals surface area contributed by atoms with Gasteiger partial charge in [-0.05, 0) is 18.1 Å². The minimum Gasteiger partial charge on any atom is -0.395 e. The predicted molar refractivity (Wildman–Crippen MR) is 77.0 cm³/mol. The molecule has 0 aliphatic heterocycles. The molecular weight excluding hydrogens is 254 g/mol. The van der Waals surface area contributed by atoms with Crippen LogP contribution in [0.2, 0.25) is 0 Å². The van der Waals surface area contributed by atoms with Crippen LogP contribution in [0.1, 0.15) is 28.7 Å². The fourth-order valence-electron chi connectivity index (χ4n) is 2.13. The molecule has 0 spiro atoms. The molecule has 0 bridgehead atoms. The largest absolute Gasteiger partial charge is 0.395 e. The van der Waals surface area contributed by atoms with Crippen LogP contribution in [0, 0.1) is 0 Å². The number of aromatic nitrogens is 3. The highest BCUT2D eigenvalue weighted by Crippen LogP contribution is 2.19. The van der Waals surface area contributed by atoms with E-state index in [1.54, 1.807) is 36.1 Å². The van der Waals surface area contributed by atoms with E-state index in [0.29, 0.717) is 24.3 Å². The minimum atomic E-state index is -0.138. The number of anilines is 1. The van der Waals surface area contributed by atoms with Gasteiger partial charge in [-0.2, -0.15) is 5.10 Å². The first-order valence-corrected chi connectivity index (χ1v) is 6.50. The Hall–Kier alpha value is -2.37. The molecule has 0 radical (unpaired) electrons. The lowest BCUT2D eigenvalue weighted by Crippen LogP contribution is -2.28. The van der Waals surface area contributed by atoms with Crippen molar-refractivity contribution in [2.24, 2.45) is 7.05 Å². The molecule has 2 rings (SSSR count). The number of hydrogen-bond acceptors (Lipinski definition) is 4. The van der Waals surface area contributed by atoms with Gasteiger partial charge in [0.15, 0.2) is 0 Å². The molecule has 0 fully saturated rings. The molecule has 0 aromatic carbocycles. The third-order valence-corrected chi connectivity index (χ3v) is 3.19. The van der Waals surface area contributed by atoms with Crippen molar-refractivity contribution in [1.29, 1.82) is 0 Å². The number of nitrogen functional groups attached to an aromatic ring is 1. The summed E-state index contributed by atoms with van der Waals surface area (Å²) in [5.41, 5.74) is 8.64. The highest BCUT2D eigenvalue weighted by atomic mass is 16.2. The van der Waals surface area contributed by atoms with Gasteiger partial charge < -0.3 is 10.6 Å². The summed E-state index contributed by atoms with van der Waals surface area (Å²) in [5.74, 6) is -0.138. The number of rotatable bonds is 4. The summed E-state index contributed by atoms with van der Waals surface area (Å²) in [5, 5.41) is 4.27. The zero-order chi connectivity index (χ0) is 14.7. The van der Waals surface area contributed by atoms with Gasteiger partial charge in [0.2, 0.25) is 0 Å². The van der Waals surface area contributed by atoms with Gasteiger partial charge in [0.1, 0.15) is 5.69 Å². The van der Waals surface area contributed by atoms with Crippen LogP contribution in [0.15, 0.2) is 24.5 Å². The van der Waals surface area contributed by atoms with Crippen LogP contribution < -0.4 is 5.73 Å². The number of carbonyl (C=O) groups is 1. The number of aryl methyl sites for hydroxylation is 2. The predicted octanol–water partition coefficient (Wildman–Crippen LogP) is 1.23. The van der Waals surface area contributed by atoms with Crippen LogP contribution in [0.25, 0.3) is 0 Å². The normalized spacial score (nSPS) is 10.6. The zero-order valence-electron chi connectivity index (χ0n) is 12.0. The van der Waals surface area contributed by atoms with E-state index in [2.05, 4.69) is 10.1 Å². The van der Waals surface area contributed by atoms with Crippen molar-refractivity contribution in [3.8, 4) is 0 Å². The first kappa shape index (κ1) is 14.0. The van der Waals surface area contributed by atoms with Crippen LogP contribution in [-0.2, 0) is 20.0 Å². The Morgan fingerprint density at radius 2 is 2.25 bits per heavy atom. The Balaban J connectivity index is 2.21. The maximum Gasteiger partial charge on any atom is 0.274 e. The van der Waals surface area contributed by atoms with Gasteiger partial charge in [0.25, 0.3) is 5.91 Å². The third kappa shape index (κ3) is 2.64. The molecule has 2 N–H and O–H groups in total. The van der Waals surface area contributed by atoms with Crippen molar-refractivity contribution in [3.63, 3.8) is 0 Å². The molecule has 0 aliphatic carbocycles. The summed E-state index contributed by atoms with van der Waals surface area (Å²) in [6.07, 6.45) is 4.16. The van der Waals surface area contributed by atoms with Gasteiger partial charge >= 0.3 is 0 Å². The van der Waals surface area contributed by atoms with Crippen molar-refractivity contribution >= 4 is 11.6 Å². The Morgan fingerprint density at radius 1 is 1.50 bits per heavy atom. The first-order valence-electron chi connectivity index (χ1n) is 6.50. The molecule has 106 valence electrons. The number of hydrogen-bond donors (Lipinski definition) is 1. The molecule has 6 nitrogen and oxygen atoms in total. The Morgan fingerprint density at radius 3 is 2.80 bits per heavy atom. The second kappa shape index (κ2) is 5.73. The summed E-state index contributed by atoms with van der Waals surface area (Å²) < 4.78 is 1.55. The second-order valence-electron chi connectivity index (χ2n) is 4.71. The van der Waals surface area contributed by atoms with Crippen molar-refractivity contribution in [2.75, 3.05) is 12.8 Å². The summed E-state index contributed by atoms with van der Waals surface area (Å²) in [6, 6.07) is 3.78. The lowest BCUT2D eigenvalue weighted by molar-refractivity contribution is 0.0775. The Labute approximate surface area is 118 Å². The van der Waals surface area contributed by atoms with Crippen molar-refractivity contribution < 1.29 is 4.79 Å². The van der Waals surface area contributed by atoms with Crippen LogP contribution in [0.4, 0.5) is 5.69 Å². The van der Waals surface area contributed by atoms with Crippen molar-refractivity contribution in [3.05, 3.63) is 41.5 Å². The van der Waals surface area contributed by atoms with Crippen LogP contribution in [0.3, 0.4) is 0 Å². The fraction of sp³-hybridized carbons (Fsp3) is 0.357. The monoisotopic (exact) mass is 273 g/mol. The van der Waals surface area contributed by atoms with E-state index in [4.69, 9.17) is 5.73 Å². The molecule has 0 saturated carbocycles. The van der Waals surface area contributed by atoms with Crippen molar-refractivity contribution in [2.45, 2.75) is 19.9 Å². The SMILES string of the molecule is CCc1nn(C)c(C(=O)N(C)Cc2cccnc2)c1N. The molecule has 2 heterocycles. The lowest BCUT2D eigenvalue weighted by Gasteiger charge is -2.17. The van der Waals surface area contributed by atoms with Crippen LogP contribution in [-0.4, -0.2) is 32.6 Å². The highest BCUT2D eigenvalue weighted by Gasteiger charge is 2.22. The lowest BCUT2D eigenvalue weighted by atomic mass is 10.2. The summed E-state index contributed by atoms with van der Waals surface area (Å²) in [4.78, 5) is 18.1. The number of nitrogens with two attached hydrogens (primary N) is 1. The second-order valence-corrected chi connectivity index (χ2v) is 4.71. The number of carbonyl (C=O) groups excluding carboxylic acids is 1. The molecule has 2 aromatic rings. The number of nitrogens with zero attached hydrogens (tertiary/aromatic N) is 4. The number of amides is 1. The van der Waals surface area contributed by atoms with Gasteiger partial charge in [0.05, 0.1) is 11.4 Å². The molecule has 0 atom stereocenters. The van der Waals surface area contributed by atoms with E-state index >= 15 is 0 Å². The maximum absolute atomic E-state index is 12.5. The molecule has 0 aliphatic rings. The minimum absolute atomic E-state index is 0.138. The first-order chi connectivity index (χ1) is 9.54. The fourth-order valence-corrected chi connectivity index (χ4v) is 2.13. The molecule has 0 saturated heterocycles. The van der Waals surface area contributed by atoms with E-state index in [-0.39, 0.29) is 5.91 Å².